The van der Waals surface area contributed by atoms with E-state index >= 15 is 0 Å². The van der Waals surface area contributed by atoms with Crippen molar-refractivity contribution in [2.45, 2.75) is 52.0 Å². The van der Waals surface area contributed by atoms with Crippen molar-refractivity contribution >= 4 is 15.9 Å². The maximum atomic E-state index is 12.7. The number of rotatable bonds is 7. The molecule has 0 saturated heterocycles. The molecule has 1 aromatic rings. The van der Waals surface area contributed by atoms with Gasteiger partial charge >= 0.3 is 6.09 Å². The van der Waals surface area contributed by atoms with Crippen LogP contribution in [0, 0.1) is 17.2 Å². The van der Waals surface area contributed by atoms with E-state index in [1.165, 1.54) is 0 Å². The molecule has 0 saturated carbocycles. The Kier molecular flexibility index (Phi) is 7.43. The lowest BCUT2D eigenvalue weighted by Crippen LogP contribution is -2.44. The minimum absolute atomic E-state index is 0.0670. The molecule has 1 aromatic carbocycles. The van der Waals surface area contributed by atoms with Crippen LogP contribution in [0.3, 0.4) is 0 Å². The first-order chi connectivity index (χ1) is 11.6. The molecule has 0 aliphatic rings. The molecule has 1 amide bonds. The lowest BCUT2D eigenvalue weighted by Gasteiger charge is -2.24. The SMILES string of the molecule is CC(C)OC(=O)NC(CS(=O)(=O)C(C)c1ccc(C#N)cc1)C(C)C. The number of carbonyl (C=O) groups excluding carboxylic acids is 1. The van der Waals surface area contributed by atoms with Crippen LogP contribution in [-0.4, -0.2) is 32.4 Å². The molecule has 0 fully saturated rings. The van der Waals surface area contributed by atoms with Gasteiger partial charge in [-0.05, 0) is 44.4 Å². The van der Waals surface area contributed by atoms with Crippen molar-refractivity contribution < 1.29 is 17.9 Å². The first kappa shape index (κ1) is 21.0. The molecule has 0 heterocycles. The third-order valence-electron chi connectivity index (χ3n) is 3.91. The average Bonchev–Trinajstić information content (AvgIpc) is 2.52. The first-order valence-corrected chi connectivity index (χ1v) is 9.97. The minimum Gasteiger partial charge on any atom is -0.447 e. The number of nitrogens with zero attached hydrogens (tertiary/aromatic N) is 1. The van der Waals surface area contributed by atoms with Crippen molar-refractivity contribution in [3.05, 3.63) is 35.4 Å². The fourth-order valence-corrected chi connectivity index (χ4v) is 4.06. The van der Waals surface area contributed by atoms with Crippen LogP contribution in [0.15, 0.2) is 24.3 Å². The zero-order chi connectivity index (χ0) is 19.2. The van der Waals surface area contributed by atoms with Crippen LogP contribution in [0.1, 0.15) is 51.0 Å². The Hall–Kier alpha value is -2.07. The molecule has 7 heteroatoms. The highest BCUT2D eigenvalue weighted by Crippen LogP contribution is 2.24. The van der Waals surface area contributed by atoms with Crippen LogP contribution >= 0.6 is 0 Å². The Morgan fingerprint density at radius 3 is 2.16 bits per heavy atom. The Morgan fingerprint density at radius 2 is 1.72 bits per heavy atom. The fourth-order valence-electron chi connectivity index (χ4n) is 2.23. The highest BCUT2D eigenvalue weighted by Gasteiger charge is 2.29. The van der Waals surface area contributed by atoms with Gasteiger partial charge in [0.1, 0.15) is 0 Å². The Labute approximate surface area is 150 Å². The first-order valence-electron chi connectivity index (χ1n) is 8.25. The van der Waals surface area contributed by atoms with E-state index in [1.54, 1.807) is 45.0 Å². The summed E-state index contributed by atoms with van der Waals surface area (Å²) in [6, 6.07) is 7.94. The standard InChI is InChI=1S/C18H26N2O4S/c1-12(2)17(20-18(21)24-13(3)4)11-25(22,23)14(5)16-8-6-15(10-19)7-9-16/h6-9,12-14,17H,11H2,1-5H3,(H,20,21). The maximum absolute atomic E-state index is 12.7. The van der Waals surface area contributed by atoms with Gasteiger partial charge < -0.3 is 10.1 Å². The average molecular weight is 366 g/mol. The summed E-state index contributed by atoms with van der Waals surface area (Å²) in [6.07, 6.45) is -0.892. The molecular weight excluding hydrogens is 340 g/mol. The third-order valence-corrected chi connectivity index (χ3v) is 6.08. The van der Waals surface area contributed by atoms with Crippen molar-refractivity contribution in [1.29, 1.82) is 5.26 Å². The number of ether oxygens (including phenoxy) is 1. The summed E-state index contributed by atoms with van der Waals surface area (Å²) >= 11 is 0. The number of hydrogen-bond donors (Lipinski definition) is 1. The van der Waals surface area contributed by atoms with E-state index in [2.05, 4.69) is 5.32 Å². The maximum Gasteiger partial charge on any atom is 0.407 e. The normalized spacial score (nSPS) is 14.0. The number of carbonyl (C=O) groups is 1. The van der Waals surface area contributed by atoms with Gasteiger partial charge in [-0.2, -0.15) is 5.26 Å². The zero-order valence-electron chi connectivity index (χ0n) is 15.3. The zero-order valence-corrected chi connectivity index (χ0v) is 16.1. The summed E-state index contributed by atoms with van der Waals surface area (Å²) in [4.78, 5) is 11.8. The number of alkyl carbamates (subject to hydrolysis) is 1. The molecule has 0 aromatic heterocycles. The molecule has 0 bridgehead atoms. The van der Waals surface area contributed by atoms with Crippen LogP contribution < -0.4 is 5.32 Å². The Balaban J connectivity index is 2.90. The van der Waals surface area contributed by atoms with Crippen LogP contribution in [0.2, 0.25) is 0 Å². The Morgan fingerprint density at radius 1 is 1.16 bits per heavy atom. The number of sulfone groups is 1. The highest BCUT2D eigenvalue weighted by molar-refractivity contribution is 7.91. The second-order valence-corrected chi connectivity index (χ2v) is 9.02. The van der Waals surface area contributed by atoms with E-state index in [9.17, 15) is 13.2 Å². The summed E-state index contributed by atoms with van der Waals surface area (Å²) in [5.74, 6) is -0.249. The van der Waals surface area contributed by atoms with Crippen molar-refractivity contribution in [1.82, 2.24) is 5.32 Å². The molecule has 6 nitrogen and oxygen atoms in total. The summed E-state index contributed by atoms with van der Waals surface area (Å²) in [5.41, 5.74) is 1.10. The molecule has 2 unspecified atom stereocenters. The molecule has 0 spiro atoms. The van der Waals surface area contributed by atoms with Crippen molar-refractivity contribution in [3.8, 4) is 6.07 Å². The second kappa shape index (κ2) is 8.86. The molecule has 0 radical (unpaired) electrons. The van der Waals surface area contributed by atoms with E-state index in [4.69, 9.17) is 10.00 Å². The predicted octanol–water partition coefficient (Wildman–Crippen LogP) is 3.19. The number of hydrogen-bond acceptors (Lipinski definition) is 5. The minimum atomic E-state index is -3.50. The van der Waals surface area contributed by atoms with Gasteiger partial charge in [-0.25, -0.2) is 13.2 Å². The van der Waals surface area contributed by atoms with E-state index in [1.807, 2.05) is 19.9 Å². The molecule has 138 valence electrons. The van der Waals surface area contributed by atoms with Crippen LogP contribution in [0.25, 0.3) is 0 Å². The van der Waals surface area contributed by atoms with Crippen molar-refractivity contribution in [2.24, 2.45) is 5.92 Å². The monoisotopic (exact) mass is 366 g/mol. The van der Waals surface area contributed by atoms with E-state index in [0.717, 1.165) is 0 Å². The molecule has 2 atom stereocenters. The van der Waals surface area contributed by atoms with E-state index in [0.29, 0.717) is 11.1 Å². The quantitative estimate of drug-likeness (QED) is 0.799. The fraction of sp³-hybridized carbons (Fsp3) is 0.556. The summed E-state index contributed by atoms with van der Waals surface area (Å²) in [6.45, 7) is 8.77. The molecule has 1 rings (SSSR count). The van der Waals surface area contributed by atoms with Crippen LogP contribution in [-0.2, 0) is 14.6 Å². The largest absolute Gasteiger partial charge is 0.447 e. The second-order valence-electron chi connectivity index (χ2n) is 6.65. The summed E-state index contributed by atoms with van der Waals surface area (Å²) < 4.78 is 30.5. The van der Waals surface area contributed by atoms with Gasteiger partial charge in [0, 0.05) is 6.04 Å². The lowest BCUT2D eigenvalue weighted by atomic mass is 10.1. The number of nitriles is 1. The van der Waals surface area contributed by atoms with Gasteiger partial charge in [0.25, 0.3) is 0 Å². The topological polar surface area (TPSA) is 96.3 Å². The van der Waals surface area contributed by atoms with Crippen LogP contribution in [0.5, 0.6) is 0 Å². The Bertz CT molecular complexity index is 718. The number of benzene rings is 1. The van der Waals surface area contributed by atoms with Gasteiger partial charge in [-0.1, -0.05) is 26.0 Å². The number of nitrogens with one attached hydrogen (secondary N) is 1. The van der Waals surface area contributed by atoms with Gasteiger partial charge in [0.2, 0.25) is 0 Å². The number of amides is 1. The highest BCUT2D eigenvalue weighted by atomic mass is 32.2. The van der Waals surface area contributed by atoms with Gasteiger partial charge in [-0.15, -0.1) is 0 Å². The molecular formula is C18H26N2O4S. The predicted molar refractivity (Wildman–Crippen MR) is 96.7 cm³/mol. The smallest absolute Gasteiger partial charge is 0.407 e. The van der Waals surface area contributed by atoms with Crippen molar-refractivity contribution in [3.63, 3.8) is 0 Å². The summed E-state index contributed by atoms with van der Waals surface area (Å²) in [7, 11) is -3.50. The molecule has 1 N–H and O–H groups in total. The molecule has 0 aliphatic heterocycles. The summed E-state index contributed by atoms with van der Waals surface area (Å²) in [5, 5.41) is 10.7. The van der Waals surface area contributed by atoms with Crippen LogP contribution in [0.4, 0.5) is 4.79 Å². The van der Waals surface area contributed by atoms with Gasteiger partial charge in [0.15, 0.2) is 9.84 Å². The van der Waals surface area contributed by atoms with E-state index in [-0.39, 0.29) is 17.8 Å². The third kappa shape index (κ3) is 6.39. The van der Waals surface area contributed by atoms with Gasteiger partial charge in [0.05, 0.1) is 28.7 Å². The van der Waals surface area contributed by atoms with Gasteiger partial charge in [-0.3, -0.25) is 0 Å². The molecule has 0 aliphatic carbocycles. The van der Waals surface area contributed by atoms with Crippen molar-refractivity contribution in [2.75, 3.05) is 5.75 Å². The lowest BCUT2D eigenvalue weighted by molar-refractivity contribution is 0.111. The van der Waals surface area contributed by atoms with E-state index < -0.39 is 27.2 Å². The molecule has 25 heavy (non-hydrogen) atoms.